The summed E-state index contributed by atoms with van der Waals surface area (Å²) in [6.45, 7) is 2.75. The van der Waals surface area contributed by atoms with Crippen LogP contribution in [0, 0.1) is 0 Å². The molecule has 0 bridgehead atoms. The van der Waals surface area contributed by atoms with Gasteiger partial charge in [0.15, 0.2) is 11.5 Å². The van der Waals surface area contributed by atoms with Crippen LogP contribution < -0.4 is 9.47 Å². The van der Waals surface area contributed by atoms with Gasteiger partial charge in [0, 0.05) is 19.6 Å². The van der Waals surface area contributed by atoms with Gasteiger partial charge in [-0.3, -0.25) is 4.90 Å². The molecule has 1 N–H and O–H groups in total. The molecule has 152 valence electrons. The average Bonchev–Trinajstić information content (AvgIpc) is 3.40. The molecule has 0 saturated carbocycles. The van der Waals surface area contributed by atoms with E-state index in [0.29, 0.717) is 19.7 Å². The van der Waals surface area contributed by atoms with Crippen LogP contribution in [0.5, 0.6) is 11.5 Å². The van der Waals surface area contributed by atoms with Crippen molar-refractivity contribution in [3.05, 3.63) is 83.8 Å². The van der Waals surface area contributed by atoms with E-state index in [2.05, 4.69) is 17.0 Å². The fourth-order valence-electron chi connectivity index (χ4n) is 3.37. The third kappa shape index (κ3) is 5.60. The molecule has 1 aliphatic heterocycles. The summed E-state index contributed by atoms with van der Waals surface area (Å²) < 4.78 is 21.7. The van der Waals surface area contributed by atoms with Gasteiger partial charge in [-0.1, -0.05) is 36.4 Å². The second kappa shape index (κ2) is 9.60. The van der Waals surface area contributed by atoms with Gasteiger partial charge in [-0.25, -0.2) is 0 Å². The first-order valence-corrected chi connectivity index (χ1v) is 9.69. The molecule has 1 atom stereocenters. The van der Waals surface area contributed by atoms with E-state index in [1.807, 2.05) is 48.5 Å². The van der Waals surface area contributed by atoms with E-state index in [4.69, 9.17) is 18.6 Å². The zero-order chi connectivity index (χ0) is 19.9. The number of aliphatic hydroxyl groups excluding tert-OH is 1. The fraction of sp³-hybridized carbons (Fsp3) is 0.304. The number of fused-ring (bicyclic) bond motifs is 1. The van der Waals surface area contributed by atoms with E-state index in [0.717, 1.165) is 29.4 Å². The molecular formula is C23H25NO5. The Bertz CT molecular complexity index is 882. The minimum Gasteiger partial charge on any atom is -0.467 e. The topological polar surface area (TPSA) is 64.3 Å². The Balaban J connectivity index is 1.37. The van der Waals surface area contributed by atoms with Gasteiger partial charge in [-0.15, -0.1) is 0 Å². The maximum atomic E-state index is 10.5. The molecule has 0 fully saturated rings. The number of furan rings is 1. The molecule has 1 aromatic heterocycles. The Labute approximate surface area is 170 Å². The van der Waals surface area contributed by atoms with Crippen molar-refractivity contribution in [1.29, 1.82) is 0 Å². The van der Waals surface area contributed by atoms with E-state index < -0.39 is 6.10 Å². The van der Waals surface area contributed by atoms with Gasteiger partial charge in [-0.05, 0) is 35.4 Å². The molecule has 29 heavy (non-hydrogen) atoms. The monoisotopic (exact) mass is 395 g/mol. The summed E-state index contributed by atoms with van der Waals surface area (Å²) in [7, 11) is 0. The predicted octanol–water partition coefficient (Wildman–Crippen LogP) is 3.59. The molecule has 0 unspecified atom stereocenters. The number of hydrogen-bond acceptors (Lipinski definition) is 6. The zero-order valence-corrected chi connectivity index (χ0v) is 16.2. The predicted molar refractivity (Wildman–Crippen MR) is 107 cm³/mol. The average molecular weight is 395 g/mol. The van der Waals surface area contributed by atoms with Gasteiger partial charge >= 0.3 is 0 Å². The minimum absolute atomic E-state index is 0.243. The van der Waals surface area contributed by atoms with Crippen LogP contribution in [0.1, 0.15) is 16.9 Å². The van der Waals surface area contributed by atoms with E-state index in [9.17, 15) is 5.11 Å². The largest absolute Gasteiger partial charge is 0.467 e. The molecule has 1 aliphatic rings. The first-order valence-electron chi connectivity index (χ1n) is 9.69. The summed E-state index contributed by atoms with van der Waals surface area (Å²) in [5.74, 6) is 2.29. The smallest absolute Gasteiger partial charge is 0.231 e. The summed E-state index contributed by atoms with van der Waals surface area (Å²) >= 11 is 0. The summed E-state index contributed by atoms with van der Waals surface area (Å²) in [5, 5.41) is 10.5. The molecular weight excluding hydrogens is 370 g/mol. The Morgan fingerprint density at radius 1 is 0.931 bits per heavy atom. The van der Waals surface area contributed by atoms with Gasteiger partial charge < -0.3 is 23.7 Å². The molecule has 2 heterocycles. The van der Waals surface area contributed by atoms with Crippen LogP contribution in [0.4, 0.5) is 0 Å². The first kappa shape index (κ1) is 19.5. The minimum atomic E-state index is -0.609. The lowest BCUT2D eigenvalue weighted by molar-refractivity contribution is 0.00253. The van der Waals surface area contributed by atoms with Crippen molar-refractivity contribution in [2.45, 2.75) is 25.8 Å². The van der Waals surface area contributed by atoms with Crippen LogP contribution in [0.3, 0.4) is 0 Å². The Kier molecular flexibility index (Phi) is 6.46. The van der Waals surface area contributed by atoms with Crippen LogP contribution >= 0.6 is 0 Å². The molecule has 0 aliphatic carbocycles. The molecule has 3 aromatic rings. The van der Waals surface area contributed by atoms with Crippen LogP contribution in [0.2, 0.25) is 0 Å². The number of benzene rings is 2. The van der Waals surface area contributed by atoms with Crippen molar-refractivity contribution in [2.24, 2.45) is 0 Å². The van der Waals surface area contributed by atoms with Crippen molar-refractivity contribution in [1.82, 2.24) is 4.90 Å². The number of nitrogens with zero attached hydrogens (tertiary/aromatic N) is 1. The Morgan fingerprint density at radius 3 is 2.59 bits per heavy atom. The van der Waals surface area contributed by atoms with Gasteiger partial charge in [-0.2, -0.15) is 0 Å². The maximum absolute atomic E-state index is 10.5. The summed E-state index contributed by atoms with van der Waals surface area (Å²) in [4.78, 5) is 2.20. The van der Waals surface area contributed by atoms with Gasteiger partial charge in [0.2, 0.25) is 6.79 Å². The second-order valence-corrected chi connectivity index (χ2v) is 7.09. The summed E-state index contributed by atoms with van der Waals surface area (Å²) in [6, 6.07) is 19.9. The highest BCUT2D eigenvalue weighted by molar-refractivity contribution is 5.44. The Morgan fingerprint density at radius 2 is 1.76 bits per heavy atom. The first-order chi connectivity index (χ1) is 14.3. The van der Waals surface area contributed by atoms with Gasteiger partial charge in [0.1, 0.15) is 12.4 Å². The van der Waals surface area contributed by atoms with Gasteiger partial charge in [0.25, 0.3) is 0 Å². The van der Waals surface area contributed by atoms with Crippen LogP contribution in [-0.2, 0) is 24.4 Å². The highest BCUT2D eigenvalue weighted by Crippen LogP contribution is 2.32. The fourth-order valence-corrected chi connectivity index (χ4v) is 3.37. The molecule has 0 radical (unpaired) electrons. The molecule has 0 spiro atoms. The van der Waals surface area contributed by atoms with Crippen molar-refractivity contribution in [3.8, 4) is 11.5 Å². The molecule has 6 nitrogen and oxygen atoms in total. The maximum Gasteiger partial charge on any atom is 0.231 e. The van der Waals surface area contributed by atoms with E-state index in [1.165, 1.54) is 5.56 Å². The summed E-state index contributed by atoms with van der Waals surface area (Å²) in [6.07, 6.45) is 1.00. The molecule has 2 aromatic carbocycles. The van der Waals surface area contributed by atoms with Crippen molar-refractivity contribution in [2.75, 3.05) is 19.9 Å². The third-order valence-corrected chi connectivity index (χ3v) is 4.70. The summed E-state index contributed by atoms with van der Waals surface area (Å²) in [5.41, 5.74) is 2.30. The van der Waals surface area contributed by atoms with Gasteiger partial charge in [0.05, 0.1) is 19.0 Å². The lowest BCUT2D eigenvalue weighted by Crippen LogP contribution is -2.34. The molecule has 6 heteroatoms. The lowest BCUT2D eigenvalue weighted by Gasteiger charge is -2.25. The molecule has 0 amide bonds. The van der Waals surface area contributed by atoms with Crippen LogP contribution in [-0.4, -0.2) is 36.1 Å². The highest BCUT2D eigenvalue weighted by atomic mass is 16.7. The van der Waals surface area contributed by atoms with Crippen molar-refractivity contribution >= 4 is 0 Å². The van der Waals surface area contributed by atoms with E-state index in [-0.39, 0.29) is 13.4 Å². The highest BCUT2D eigenvalue weighted by Gasteiger charge is 2.17. The number of hydrogen-bond donors (Lipinski definition) is 1. The van der Waals surface area contributed by atoms with Crippen LogP contribution in [0.25, 0.3) is 0 Å². The van der Waals surface area contributed by atoms with Crippen molar-refractivity contribution in [3.63, 3.8) is 0 Å². The quantitative estimate of drug-likeness (QED) is 0.566. The SMILES string of the molecule is O[C@@H](COCc1ccco1)CN(Cc1ccccc1)Cc1ccc2c(c1)OCO2. The number of aliphatic hydroxyl groups is 1. The second-order valence-electron chi connectivity index (χ2n) is 7.09. The van der Waals surface area contributed by atoms with E-state index in [1.54, 1.807) is 6.26 Å². The molecule has 4 rings (SSSR count). The normalized spacial score (nSPS) is 13.7. The standard InChI is InChI=1S/C23H25NO5/c25-20(15-26-16-21-7-4-10-27-21)14-24(12-18-5-2-1-3-6-18)13-19-8-9-22-23(11-19)29-17-28-22/h1-11,20,25H,12-17H2/t20-/m1/s1. The third-order valence-electron chi connectivity index (χ3n) is 4.70. The lowest BCUT2D eigenvalue weighted by atomic mass is 10.1. The number of rotatable bonds is 10. The number of ether oxygens (including phenoxy) is 3. The van der Waals surface area contributed by atoms with Crippen LogP contribution in [0.15, 0.2) is 71.3 Å². The van der Waals surface area contributed by atoms with Crippen molar-refractivity contribution < 1.29 is 23.7 Å². The van der Waals surface area contributed by atoms with E-state index >= 15 is 0 Å². The molecule has 0 saturated heterocycles. The zero-order valence-electron chi connectivity index (χ0n) is 16.2. The Hall–Kier alpha value is -2.80.